The van der Waals surface area contributed by atoms with Crippen molar-refractivity contribution in [3.63, 3.8) is 0 Å². The van der Waals surface area contributed by atoms with Crippen LogP contribution in [0.1, 0.15) is 65.2 Å². The van der Waals surface area contributed by atoms with Crippen LogP contribution in [0, 0.1) is 0 Å². The van der Waals surface area contributed by atoms with Gasteiger partial charge in [-0.25, -0.2) is 9.48 Å². The first-order chi connectivity index (χ1) is 11.0. The molecule has 2 atom stereocenters. The summed E-state index contributed by atoms with van der Waals surface area (Å²) in [7, 11) is 0. The van der Waals surface area contributed by atoms with E-state index >= 15 is 0 Å². The smallest absolute Gasteiger partial charge is 0.213 e. The molecule has 1 heterocycles. The van der Waals surface area contributed by atoms with E-state index in [1.54, 1.807) is 19.3 Å². The van der Waals surface area contributed by atoms with Crippen molar-refractivity contribution >= 4 is 11.8 Å². The number of nitrogens with zero attached hydrogens (tertiary/aromatic N) is 2. The minimum atomic E-state index is -1.11. The highest BCUT2D eigenvalue weighted by Crippen LogP contribution is 2.21. The van der Waals surface area contributed by atoms with Crippen molar-refractivity contribution in [2.75, 3.05) is 6.54 Å². The maximum atomic E-state index is 11.0. The van der Waals surface area contributed by atoms with Crippen LogP contribution in [0.5, 0.6) is 0 Å². The van der Waals surface area contributed by atoms with E-state index in [0.717, 1.165) is 12.3 Å². The van der Waals surface area contributed by atoms with Gasteiger partial charge >= 0.3 is 0 Å². The highest BCUT2D eigenvalue weighted by molar-refractivity contribution is 5.82. The van der Waals surface area contributed by atoms with Gasteiger partial charge in [0.1, 0.15) is 18.9 Å². The molecule has 5 heteroatoms. The fourth-order valence-corrected chi connectivity index (χ4v) is 2.88. The van der Waals surface area contributed by atoms with Gasteiger partial charge in [-0.2, -0.15) is 0 Å². The number of rotatable bonds is 12. The quantitative estimate of drug-likeness (QED) is 0.341. The van der Waals surface area contributed by atoms with E-state index in [0.29, 0.717) is 6.42 Å². The molecule has 0 radical (unpaired) electrons. The molecule has 0 bridgehead atoms. The highest BCUT2D eigenvalue weighted by Gasteiger charge is 2.38. The standard InChI is InChI=1S/C18H31N3O2/c1-3-4-5-6-7-8-9-10-11-12-17-20-13-14-21(17,16(2)19)15-18(22)23/h10-11,13-14,16H,3-9,12,15,19H2,1-2H3/b11-10+. The Bertz CT molecular complexity index is 455. The van der Waals surface area contributed by atoms with Crippen molar-refractivity contribution in [2.45, 2.75) is 71.4 Å². The van der Waals surface area contributed by atoms with E-state index < -0.39 is 5.97 Å². The molecule has 0 saturated carbocycles. The van der Waals surface area contributed by atoms with Crippen LogP contribution in [-0.2, 0) is 4.79 Å². The first-order valence-corrected chi connectivity index (χ1v) is 8.75. The molecule has 0 saturated heterocycles. The number of hydrogen-bond acceptors (Lipinski definition) is 4. The van der Waals surface area contributed by atoms with Crippen molar-refractivity contribution in [2.24, 2.45) is 10.7 Å². The molecule has 0 aromatic rings. The van der Waals surface area contributed by atoms with Gasteiger partial charge in [0.2, 0.25) is 5.84 Å². The van der Waals surface area contributed by atoms with Gasteiger partial charge in [-0.15, -0.1) is 0 Å². The molecule has 130 valence electrons. The first kappa shape index (κ1) is 19.6. The summed E-state index contributed by atoms with van der Waals surface area (Å²) < 4.78 is 0.0592. The van der Waals surface area contributed by atoms with E-state index in [-0.39, 0.29) is 17.2 Å². The van der Waals surface area contributed by atoms with Crippen molar-refractivity contribution in [1.82, 2.24) is 0 Å². The summed E-state index contributed by atoms with van der Waals surface area (Å²) >= 11 is 0. The molecule has 0 aromatic carbocycles. The Balaban J connectivity index is 2.38. The average molecular weight is 321 g/mol. The monoisotopic (exact) mass is 321 g/mol. The molecule has 23 heavy (non-hydrogen) atoms. The number of carboxylic acids is 1. The third kappa shape index (κ3) is 6.28. The number of carbonyl (C=O) groups excluding carboxylic acids is 1. The second-order valence-electron chi connectivity index (χ2n) is 6.28. The Morgan fingerprint density at radius 2 is 2.00 bits per heavy atom. The second-order valence-corrected chi connectivity index (χ2v) is 6.28. The molecule has 0 aliphatic carbocycles. The first-order valence-electron chi connectivity index (χ1n) is 8.75. The second kappa shape index (κ2) is 10.3. The number of nitrogens with two attached hydrogens (primary N) is 1. The molecule has 5 nitrogen and oxygen atoms in total. The summed E-state index contributed by atoms with van der Waals surface area (Å²) in [6, 6.07) is 0. The number of amidine groups is 1. The van der Waals surface area contributed by atoms with Crippen LogP contribution in [-0.4, -0.2) is 29.0 Å². The third-order valence-electron chi connectivity index (χ3n) is 4.35. The minimum Gasteiger partial charge on any atom is -0.544 e. The summed E-state index contributed by atoms with van der Waals surface area (Å²) in [6.45, 7) is 3.86. The molecule has 0 fully saturated rings. The van der Waals surface area contributed by atoms with Gasteiger partial charge in [0.05, 0.1) is 18.6 Å². The number of carbonyl (C=O) groups is 1. The van der Waals surface area contributed by atoms with Crippen LogP contribution >= 0.6 is 0 Å². The van der Waals surface area contributed by atoms with E-state index in [1.165, 1.54) is 38.5 Å². The SMILES string of the molecule is CCCCCCCC/C=C/CC1=NC=C[N+]1(CC(=O)[O-])C(C)N. The molecule has 2 N–H and O–H groups in total. The van der Waals surface area contributed by atoms with E-state index in [2.05, 4.69) is 24.1 Å². The van der Waals surface area contributed by atoms with Gasteiger partial charge in [0.25, 0.3) is 0 Å². The number of unbranched alkanes of at least 4 members (excludes halogenated alkanes) is 6. The van der Waals surface area contributed by atoms with Crippen molar-refractivity contribution in [1.29, 1.82) is 0 Å². The Labute approximate surface area is 140 Å². The molecule has 1 rings (SSSR count). The fraction of sp³-hybridized carbons (Fsp3) is 0.667. The van der Waals surface area contributed by atoms with Gasteiger partial charge in [0.15, 0.2) is 0 Å². The van der Waals surface area contributed by atoms with Crippen LogP contribution in [0.3, 0.4) is 0 Å². The van der Waals surface area contributed by atoms with Crippen molar-refractivity contribution < 1.29 is 14.4 Å². The summed E-state index contributed by atoms with van der Waals surface area (Å²) in [5.74, 6) is -0.346. The Hall–Kier alpha value is -1.46. The summed E-state index contributed by atoms with van der Waals surface area (Å²) in [5.41, 5.74) is 6.01. The maximum absolute atomic E-state index is 11.0. The number of allylic oxidation sites excluding steroid dienone is 1. The molecule has 2 unspecified atom stereocenters. The Morgan fingerprint density at radius 3 is 2.65 bits per heavy atom. The lowest BCUT2D eigenvalue weighted by molar-refractivity contribution is -0.807. The van der Waals surface area contributed by atoms with Crippen LogP contribution in [0.4, 0.5) is 0 Å². The van der Waals surface area contributed by atoms with Crippen LogP contribution in [0.25, 0.3) is 0 Å². The van der Waals surface area contributed by atoms with E-state index in [4.69, 9.17) is 5.73 Å². The fourth-order valence-electron chi connectivity index (χ4n) is 2.88. The maximum Gasteiger partial charge on any atom is 0.213 e. The molecular weight excluding hydrogens is 290 g/mol. The number of aliphatic imine (C=N–C) groups is 1. The molecular formula is C18H31N3O2. The lowest BCUT2D eigenvalue weighted by Gasteiger charge is -2.35. The zero-order chi connectivity index (χ0) is 17.1. The van der Waals surface area contributed by atoms with Gasteiger partial charge in [-0.3, -0.25) is 5.73 Å². The predicted molar refractivity (Wildman–Crippen MR) is 92.1 cm³/mol. The normalized spacial score (nSPS) is 21.8. The van der Waals surface area contributed by atoms with E-state index in [1.807, 2.05) is 0 Å². The largest absolute Gasteiger partial charge is 0.544 e. The highest BCUT2D eigenvalue weighted by atomic mass is 16.4. The summed E-state index contributed by atoms with van der Waals surface area (Å²) in [4.78, 5) is 15.4. The predicted octanol–water partition coefficient (Wildman–Crippen LogP) is 2.44. The number of carboxylic acid groups (broad SMARTS) is 1. The number of quaternary nitrogens is 1. The molecule has 1 aliphatic heterocycles. The molecule has 0 amide bonds. The molecule has 1 aliphatic rings. The zero-order valence-electron chi connectivity index (χ0n) is 14.5. The third-order valence-corrected chi connectivity index (χ3v) is 4.35. The minimum absolute atomic E-state index is 0.0592. The average Bonchev–Trinajstić information content (AvgIpc) is 2.89. The Kier molecular flexibility index (Phi) is 8.81. The summed E-state index contributed by atoms with van der Waals surface area (Å²) in [5, 5.41) is 11.0. The number of aliphatic carboxylic acids is 1. The zero-order valence-corrected chi connectivity index (χ0v) is 14.5. The topological polar surface area (TPSA) is 78.5 Å². The molecule has 0 spiro atoms. The Morgan fingerprint density at radius 1 is 1.30 bits per heavy atom. The van der Waals surface area contributed by atoms with E-state index in [9.17, 15) is 9.90 Å². The van der Waals surface area contributed by atoms with Crippen LogP contribution in [0.15, 0.2) is 29.5 Å². The van der Waals surface area contributed by atoms with Gasteiger partial charge < -0.3 is 9.90 Å². The van der Waals surface area contributed by atoms with Gasteiger partial charge in [-0.05, 0) is 12.8 Å². The van der Waals surface area contributed by atoms with Gasteiger partial charge in [-0.1, -0.05) is 51.2 Å². The van der Waals surface area contributed by atoms with Crippen LogP contribution in [0.2, 0.25) is 0 Å². The summed E-state index contributed by atoms with van der Waals surface area (Å²) in [6.07, 6.45) is 16.7. The van der Waals surface area contributed by atoms with Gasteiger partial charge in [0, 0.05) is 6.92 Å². The lowest BCUT2D eigenvalue weighted by atomic mass is 10.1. The van der Waals surface area contributed by atoms with Crippen LogP contribution < -0.4 is 10.8 Å². The van der Waals surface area contributed by atoms with Crippen molar-refractivity contribution in [3.05, 3.63) is 24.6 Å². The molecule has 0 aromatic heterocycles. The lowest BCUT2D eigenvalue weighted by Crippen LogP contribution is -2.60. The van der Waals surface area contributed by atoms with Crippen molar-refractivity contribution in [3.8, 4) is 0 Å². The number of hydrogen-bond donors (Lipinski definition) is 1.